The molecule has 0 bridgehead atoms. The number of carbonyl (C=O) groups excluding carboxylic acids is 1. The molecule has 4 nitrogen and oxygen atoms in total. The topological polar surface area (TPSA) is 66.4 Å². The molecule has 1 atom stereocenters. The third-order valence-electron chi connectivity index (χ3n) is 2.81. The molecule has 1 aromatic carbocycles. The number of aryl methyl sites for hydroxylation is 1. The Kier molecular flexibility index (Phi) is 4.74. The minimum atomic E-state index is -1.03. The van der Waals surface area contributed by atoms with Crippen LogP contribution in [0.15, 0.2) is 22.7 Å². The van der Waals surface area contributed by atoms with Crippen LogP contribution in [0.2, 0.25) is 0 Å². The van der Waals surface area contributed by atoms with E-state index in [2.05, 4.69) is 21.2 Å². The van der Waals surface area contributed by atoms with Crippen molar-refractivity contribution in [1.82, 2.24) is 5.32 Å². The van der Waals surface area contributed by atoms with Gasteiger partial charge >= 0.3 is 5.97 Å². The number of hydrogen-bond acceptors (Lipinski definition) is 2. The first-order valence-corrected chi connectivity index (χ1v) is 6.72. The van der Waals surface area contributed by atoms with Crippen LogP contribution in [0, 0.1) is 12.3 Å². The van der Waals surface area contributed by atoms with E-state index in [9.17, 15) is 14.7 Å². The number of amides is 1. The monoisotopic (exact) mass is 327 g/mol. The zero-order chi connectivity index (χ0) is 14.8. The second kappa shape index (κ2) is 5.74. The average molecular weight is 328 g/mol. The normalized spacial score (nSPS) is 12.9. The van der Waals surface area contributed by atoms with E-state index in [1.165, 1.54) is 0 Å². The molecule has 104 valence electrons. The van der Waals surface area contributed by atoms with Crippen LogP contribution < -0.4 is 5.32 Å². The summed E-state index contributed by atoms with van der Waals surface area (Å²) in [6, 6.07) is 4.23. The summed E-state index contributed by atoms with van der Waals surface area (Å²) in [5.74, 6) is -1.41. The lowest BCUT2D eigenvalue weighted by Crippen LogP contribution is -2.49. The van der Waals surface area contributed by atoms with Crippen LogP contribution in [0.25, 0.3) is 0 Å². The Hall–Kier alpha value is -1.36. The summed E-state index contributed by atoms with van der Waals surface area (Å²) < 4.78 is 0.912. The molecular formula is C14H18BrNO3. The van der Waals surface area contributed by atoms with Gasteiger partial charge < -0.3 is 10.4 Å². The van der Waals surface area contributed by atoms with Gasteiger partial charge in [0, 0.05) is 10.0 Å². The minimum Gasteiger partial charge on any atom is -0.480 e. The Morgan fingerprint density at radius 2 is 1.89 bits per heavy atom. The van der Waals surface area contributed by atoms with Crippen molar-refractivity contribution in [2.45, 2.75) is 33.7 Å². The highest BCUT2D eigenvalue weighted by atomic mass is 79.9. The number of rotatable bonds is 3. The lowest BCUT2D eigenvalue weighted by atomic mass is 9.86. The van der Waals surface area contributed by atoms with Crippen LogP contribution in [0.1, 0.15) is 36.7 Å². The maximum atomic E-state index is 12.1. The quantitative estimate of drug-likeness (QED) is 0.896. The number of carbonyl (C=O) groups is 2. The van der Waals surface area contributed by atoms with Gasteiger partial charge in [-0.2, -0.15) is 0 Å². The van der Waals surface area contributed by atoms with E-state index in [0.717, 1.165) is 10.0 Å². The highest BCUT2D eigenvalue weighted by Crippen LogP contribution is 2.21. The Morgan fingerprint density at radius 1 is 1.32 bits per heavy atom. The van der Waals surface area contributed by atoms with Gasteiger partial charge in [0.25, 0.3) is 5.91 Å². The molecule has 0 aromatic heterocycles. The zero-order valence-corrected chi connectivity index (χ0v) is 13.0. The summed E-state index contributed by atoms with van der Waals surface area (Å²) in [5, 5.41) is 11.7. The fraction of sp³-hybridized carbons (Fsp3) is 0.429. The molecule has 1 unspecified atom stereocenters. The molecule has 5 heteroatoms. The van der Waals surface area contributed by atoms with Gasteiger partial charge in [-0.25, -0.2) is 4.79 Å². The molecule has 0 aliphatic heterocycles. The average Bonchev–Trinajstić information content (AvgIpc) is 2.27. The van der Waals surface area contributed by atoms with E-state index in [1.54, 1.807) is 39.0 Å². The van der Waals surface area contributed by atoms with Crippen molar-refractivity contribution in [3.05, 3.63) is 33.8 Å². The third kappa shape index (κ3) is 4.06. The van der Waals surface area contributed by atoms with Crippen LogP contribution in [0.5, 0.6) is 0 Å². The van der Waals surface area contributed by atoms with E-state index >= 15 is 0 Å². The maximum Gasteiger partial charge on any atom is 0.326 e. The first-order valence-electron chi connectivity index (χ1n) is 5.92. The van der Waals surface area contributed by atoms with Crippen molar-refractivity contribution in [2.75, 3.05) is 0 Å². The van der Waals surface area contributed by atoms with Crippen LogP contribution in [0.4, 0.5) is 0 Å². The van der Waals surface area contributed by atoms with Gasteiger partial charge in [0.15, 0.2) is 0 Å². The van der Waals surface area contributed by atoms with Crippen LogP contribution >= 0.6 is 15.9 Å². The van der Waals surface area contributed by atoms with Crippen molar-refractivity contribution in [3.8, 4) is 0 Å². The number of carboxylic acid groups (broad SMARTS) is 1. The Balaban J connectivity index is 2.94. The molecule has 0 aliphatic rings. The summed E-state index contributed by atoms with van der Waals surface area (Å²) in [7, 11) is 0. The summed E-state index contributed by atoms with van der Waals surface area (Å²) in [4.78, 5) is 23.3. The predicted octanol–water partition coefficient (Wildman–Crippen LogP) is 2.99. The van der Waals surface area contributed by atoms with Gasteiger partial charge in [0.05, 0.1) is 0 Å². The third-order valence-corrected chi connectivity index (χ3v) is 3.70. The van der Waals surface area contributed by atoms with Crippen molar-refractivity contribution in [3.63, 3.8) is 0 Å². The van der Waals surface area contributed by atoms with Gasteiger partial charge in [-0.15, -0.1) is 0 Å². The summed E-state index contributed by atoms with van der Waals surface area (Å²) >= 11 is 3.36. The smallest absolute Gasteiger partial charge is 0.326 e. The van der Waals surface area contributed by atoms with Gasteiger partial charge in [0.1, 0.15) is 6.04 Å². The van der Waals surface area contributed by atoms with E-state index in [0.29, 0.717) is 5.56 Å². The van der Waals surface area contributed by atoms with Gasteiger partial charge in [-0.05, 0) is 36.1 Å². The second-order valence-corrected chi connectivity index (χ2v) is 6.43. The molecule has 1 aromatic rings. The number of halogens is 1. The second-order valence-electron chi connectivity index (χ2n) is 5.57. The van der Waals surface area contributed by atoms with Crippen molar-refractivity contribution in [1.29, 1.82) is 0 Å². The largest absolute Gasteiger partial charge is 0.480 e. The van der Waals surface area contributed by atoms with E-state index in [-0.39, 0.29) is 5.91 Å². The zero-order valence-electron chi connectivity index (χ0n) is 11.5. The lowest BCUT2D eigenvalue weighted by molar-refractivity contribution is -0.142. The first kappa shape index (κ1) is 15.7. The summed E-state index contributed by atoms with van der Waals surface area (Å²) in [5.41, 5.74) is 0.831. The first-order chi connectivity index (χ1) is 8.62. The fourth-order valence-electron chi connectivity index (χ4n) is 1.65. The predicted molar refractivity (Wildman–Crippen MR) is 77.2 cm³/mol. The lowest BCUT2D eigenvalue weighted by Gasteiger charge is -2.27. The van der Waals surface area contributed by atoms with E-state index < -0.39 is 17.4 Å². The van der Waals surface area contributed by atoms with Gasteiger partial charge in [0.2, 0.25) is 0 Å². The number of hydrogen-bond donors (Lipinski definition) is 2. The molecule has 0 heterocycles. The molecule has 0 saturated carbocycles. The minimum absolute atomic E-state index is 0.377. The van der Waals surface area contributed by atoms with E-state index in [1.807, 2.05) is 6.92 Å². The van der Waals surface area contributed by atoms with Gasteiger partial charge in [-0.1, -0.05) is 36.7 Å². The maximum absolute atomic E-state index is 12.1. The molecule has 19 heavy (non-hydrogen) atoms. The molecule has 0 fully saturated rings. The molecule has 0 saturated heterocycles. The SMILES string of the molecule is Cc1cc(C(=O)NC(C(=O)O)C(C)(C)C)ccc1Br. The van der Waals surface area contributed by atoms with Crippen LogP contribution in [0.3, 0.4) is 0 Å². The van der Waals surface area contributed by atoms with Gasteiger partial charge in [-0.3, -0.25) is 4.79 Å². The highest BCUT2D eigenvalue weighted by Gasteiger charge is 2.32. The molecule has 0 spiro atoms. The van der Waals surface area contributed by atoms with Crippen molar-refractivity contribution < 1.29 is 14.7 Å². The van der Waals surface area contributed by atoms with Crippen molar-refractivity contribution >= 4 is 27.8 Å². The Morgan fingerprint density at radius 3 is 2.32 bits per heavy atom. The molecule has 0 aliphatic carbocycles. The number of benzene rings is 1. The van der Waals surface area contributed by atoms with E-state index in [4.69, 9.17) is 0 Å². The van der Waals surface area contributed by atoms with Crippen molar-refractivity contribution in [2.24, 2.45) is 5.41 Å². The standard InChI is InChI=1S/C14H18BrNO3/c1-8-7-9(5-6-10(8)15)12(17)16-11(13(18)19)14(2,3)4/h5-7,11H,1-4H3,(H,16,17)(H,18,19). The summed E-state index contributed by atoms with van der Waals surface area (Å²) in [6.45, 7) is 7.20. The number of aliphatic carboxylic acids is 1. The fourth-order valence-corrected chi connectivity index (χ4v) is 1.90. The molecule has 1 rings (SSSR count). The summed E-state index contributed by atoms with van der Waals surface area (Å²) in [6.07, 6.45) is 0. The molecule has 0 radical (unpaired) electrons. The molecule has 1 amide bonds. The van der Waals surface area contributed by atoms with Crippen LogP contribution in [-0.4, -0.2) is 23.0 Å². The highest BCUT2D eigenvalue weighted by molar-refractivity contribution is 9.10. The number of nitrogens with one attached hydrogen (secondary N) is 1. The van der Waals surface area contributed by atoms with Crippen LogP contribution in [-0.2, 0) is 4.79 Å². The Labute approximate surface area is 121 Å². The number of carboxylic acids is 1. The molecular weight excluding hydrogens is 310 g/mol. The Bertz CT molecular complexity index is 506. The molecule has 2 N–H and O–H groups in total.